The Kier molecular flexibility index (Phi) is 5.30. The second kappa shape index (κ2) is 7.65. The van der Waals surface area contributed by atoms with Crippen molar-refractivity contribution in [1.29, 1.82) is 0 Å². The fourth-order valence-corrected chi connectivity index (χ4v) is 3.16. The summed E-state index contributed by atoms with van der Waals surface area (Å²) in [5, 5.41) is 7.55. The molecule has 7 nitrogen and oxygen atoms in total. The van der Waals surface area contributed by atoms with E-state index >= 15 is 0 Å². The summed E-state index contributed by atoms with van der Waals surface area (Å²) < 4.78 is 12.0. The molecule has 0 saturated heterocycles. The average Bonchev–Trinajstić information content (AvgIpc) is 2.98. The molecular formula is C20H24N4O3. The van der Waals surface area contributed by atoms with Crippen molar-refractivity contribution in [3.63, 3.8) is 0 Å². The second-order valence-corrected chi connectivity index (χ2v) is 6.81. The van der Waals surface area contributed by atoms with Crippen LogP contribution in [-0.4, -0.2) is 34.8 Å². The quantitative estimate of drug-likeness (QED) is 0.667. The largest absolute Gasteiger partial charge is 0.496 e. The molecule has 3 rings (SSSR count). The topological polar surface area (TPSA) is 77.8 Å². The first-order valence-electron chi connectivity index (χ1n) is 8.79. The summed E-state index contributed by atoms with van der Waals surface area (Å²) in [6.45, 7) is 6.20. The number of anilines is 2. The van der Waals surface area contributed by atoms with Crippen molar-refractivity contribution >= 4 is 23.0 Å². The smallest absolute Gasteiger partial charge is 0.339 e. The maximum Gasteiger partial charge on any atom is 0.339 e. The van der Waals surface area contributed by atoms with E-state index in [1.165, 1.54) is 13.4 Å². The van der Waals surface area contributed by atoms with E-state index in [0.717, 1.165) is 34.5 Å². The van der Waals surface area contributed by atoms with E-state index in [2.05, 4.69) is 35.3 Å². The number of fused-ring (bicyclic) bond motifs is 1. The molecule has 0 radical (unpaired) electrons. The van der Waals surface area contributed by atoms with Gasteiger partial charge in [-0.05, 0) is 48.6 Å². The molecule has 0 saturated carbocycles. The van der Waals surface area contributed by atoms with Crippen LogP contribution in [0.25, 0.3) is 5.52 Å². The van der Waals surface area contributed by atoms with Crippen LogP contribution in [0.3, 0.4) is 0 Å². The van der Waals surface area contributed by atoms with Gasteiger partial charge in [0.15, 0.2) is 5.82 Å². The van der Waals surface area contributed by atoms with Crippen LogP contribution in [0.4, 0.5) is 11.5 Å². The minimum Gasteiger partial charge on any atom is -0.496 e. The first kappa shape index (κ1) is 18.7. The zero-order valence-electron chi connectivity index (χ0n) is 16.2. The van der Waals surface area contributed by atoms with Crippen molar-refractivity contribution < 1.29 is 14.3 Å². The van der Waals surface area contributed by atoms with E-state index in [4.69, 9.17) is 9.47 Å². The van der Waals surface area contributed by atoms with Crippen molar-refractivity contribution in [2.24, 2.45) is 5.92 Å². The zero-order valence-corrected chi connectivity index (χ0v) is 16.2. The van der Waals surface area contributed by atoms with Crippen LogP contribution in [0.2, 0.25) is 0 Å². The average molecular weight is 368 g/mol. The number of hydrogen-bond donors (Lipinski definition) is 1. The van der Waals surface area contributed by atoms with Gasteiger partial charge in [-0.15, -0.1) is 0 Å². The molecule has 0 atom stereocenters. The Morgan fingerprint density at radius 3 is 2.74 bits per heavy atom. The van der Waals surface area contributed by atoms with Gasteiger partial charge in [0.1, 0.15) is 17.6 Å². The first-order chi connectivity index (χ1) is 12.9. The van der Waals surface area contributed by atoms with Crippen molar-refractivity contribution in [2.45, 2.75) is 27.2 Å². The molecule has 3 aromatic rings. The van der Waals surface area contributed by atoms with Gasteiger partial charge in [-0.1, -0.05) is 13.8 Å². The number of benzene rings is 1. The lowest BCUT2D eigenvalue weighted by atomic mass is 10.0. The molecule has 142 valence electrons. The fraction of sp³-hybridized carbons (Fsp3) is 0.350. The van der Waals surface area contributed by atoms with Crippen molar-refractivity contribution in [2.75, 3.05) is 19.5 Å². The van der Waals surface area contributed by atoms with E-state index in [-0.39, 0.29) is 0 Å². The lowest BCUT2D eigenvalue weighted by Gasteiger charge is -2.14. The van der Waals surface area contributed by atoms with Crippen molar-refractivity contribution in [1.82, 2.24) is 14.6 Å². The van der Waals surface area contributed by atoms with Gasteiger partial charge in [0.05, 0.1) is 19.8 Å². The van der Waals surface area contributed by atoms with E-state index in [0.29, 0.717) is 17.3 Å². The molecule has 0 aliphatic carbocycles. The number of methoxy groups -OCH3 is 2. The van der Waals surface area contributed by atoms with Crippen LogP contribution in [-0.2, 0) is 11.2 Å². The zero-order chi connectivity index (χ0) is 19.6. The van der Waals surface area contributed by atoms with Gasteiger partial charge >= 0.3 is 5.97 Å². The SMILES string of the molecule is COC(=O)c1cn2ncnc(Nc3ccc(OC)c(CC(C)C)c3)c2c1C. The van der Waals surface area contributed by atoms with Crippen LogP contribution in [0.1, 0.15) is 35.3 Å². The summed E-state index contributed by atoms with van der Waals surface area (Å²) in [7, 11) is 3.04. The molecule has 2 heterocycles. The molecule has 0 unspecified atom stereocenters. The molecule has 1 aromatic carbocycles. The molecule has 27 heavy (non-hydrogen) atoms. The maximum atomic E-state index is 12.0. The highest BCUT2D eigenvalue weighted by molar-refractivity contribution is 5.95. The summed E-state index contributed by atoms with van der Waals surface area (Å²) >= 11 is 0. The van der Waals surface area contributed by atoms with E-state index < -0.39 is 5.97 Å². The molecule has 1 N–H and O–H groups in total. The van der Waals surface area contributed by atoms with Crippen LogP contribution in [0, 0.1) is 12.8 Å². The van der Waals surface area contributed by atoms with Gasteiger partial charge in [0.2, 0.25) is 0 Å². The number of carbonyl (C=O) groups excluding carboxylic acids is 1. The van der Waals surface area contributed by atoms with Crippen molar-refractivity contribution in [3.8, 4) is 5.75 Å². The molecule has 0 aliphatic heterocycles. The third-order valence-corrected chi connectivity index (χ3v) is 4.40. The normalized spacial score (nSPS) is 11.0. The predicted molar refractivity (Wildman–Crippen MR) is 104 cm³/mol. The number of hydrogen-bond acceptors (Lipinski definition) is 6. The molecule has 0 spiro atoms. The summed E-state index contributed by atoms with van der Waals surface area (Å²) in [5.41, 5.74) is 3.99. The summed E-state index contributed by atoms with van der Waals surface area (Å²) in [6.07, 6.45) is 4.02. The third kappa shape index (κ3) is 3.72. The number of esters is 1. The Morgan fingerprint density at radius 1 is 1.30 bits per heavy atom. The molecule has 0 aliphatic rings. The molecule has 0 amide bonds. The van der Waals surface area contributed by atoms with E-state index in [1.807, 2.05) is 19.1 Å². The minimum atomic E-state index is -0.396. The predicted octanol–water partition coefficient (Wildman–Crippen LogP) is 3.78. The third-order valence-electron chi connectivity index (χ3n) is 4.40. The number of nitrogens with one attached hydrogen (secondary N) is 1. The Bertz CT molecular complexity index is 979. The van der Waals surface area contributed by atoms with Crippen LogP contribution in [0.15, 0.2) is 30.7 Å². The minimum absolute atomic E-state index is 0.396. The van der Waals surface area contributed by atoms with Crippen LogP contribution >= 0.6 is 0 Å². The highest BCUT2D eigenvalue weighted by Crippen LogP contribution is 2.29. The fourth-order valence-electron chi connectivity index (χ4n) is 3.16. The van der Waals surface area contributed by atoms with Gasteiger partial charge in [0, 0.05) is 11.9 Å². The van der Waals surface area contributed by atoms with Crippen LogP contribution < -0.4 is 10.1 Å². The van der Waals surface area contributed by atoms with Gasteiger partial charge < -0.3 is 14.8 Å². The molecular weight excluding hydrogens is 344 g/mol. The highest BCUT2D eigenvalue weighted by atomic mass is 16.5. The summed E-state index contributed by atoms with van der Waals surface area (Å²) in [5.74, 6) is 1.61. The van der Waals surface area contributed by atoms with Gasteiger partial charge in [-0.25, -0.2) is 14.3 Å². The van der Waals surface area contributed by atoms with Gasteiger partial charge in [0.25, 0.3) is 0 Å². The van der Waals surface area contributed by atoms with Crippen molar-refractivity contribution in [3.05, 3.63) is 47.4 Å². The van der Waals surface area contributed by atoms with E-state index in [9.17, 15) is 4.79 Å². The second-order valence-electron chi connectivity index (χ2n) is 6.81. The molecule has 0 bridgehead atoms. The molecule has 7 heteroatoms. The number of aryl methyl sites for hydroxylation is 1. The summed E-state index contributed by atoms with van der Waals surface area (Å²) in [4.78, 5) is 16.3. The lowest BCUT2D eigenvalue weighted by molar-refractivity contribution is 0.0600. The lowest BCUT2D eigenvalue weighted by Crippen LogP contribution is -2.02. The Hall–Kier alpha value is -3.09. The monoisotopic (exact) mass is 368 g/mol. The highest BCUT2D eigenvalue weighted by Gasteiger charge is 2.18. The van der Waals surface area contributed by atoms with E-state index in [1.54, 1.807) is 17.8 Å². The molecule has 2 aromatic heterocycles. The number of ether oxygens (including phenoxy) is 2. The number of aromatic nitrogens is 3. The van der Waals surface area contributed by atoms with Gasteiger partial charge in [-0.2, -0.15) is 5.10 Å². The molecule has 0 fully saturated rings. The van der Waals surface area contributed by atoms with Gasteiger partial charge in [-0.3, -0.25) is 0 Å². The standard InChI is InChI=1S/C20H24N4O3/c1-12(2)8-14-9-15(6-7-17(14)26-4)23-19-18-13(3)16(20(25)27-5)10-24(18)22-11-21-19/h6-7,9-12H,8H2,1-5H3,(H,21,22,23). The number of carbonyl (C=O) groups is 1. The summed E-state index contributed by atoms with van der Waals surface area (Å²) in [6, 6.07) is 5.96. The van der Waals surface area contributed by atoms with Crippen LogP contribution in [0.5, 0.6) is 5.75 Å². The Morgan fingerprint density at radius 2 is 2.07 bits per heavy atom. The number of nitrogens with zero attached hydrogens (tertiary/aromatic N) is 3. The first-order valence-corrected chi connectivity index (χ1v) is 8.79. The maximum absolute atomic E-state index is 12.0. The Balaban J connectivity index is 2.02. The number of rotatable bonds is 6. The Labute approximate surface area is 158 Å².